The Morgan fingerprint density at radius 2 is 2.35 bits per heavy atom. The number of nitroso groups, excluding NO2 is 1. The van der Waals surface area contributed by atoms with Crippen LogP contribution in [0.15, 0.2) is 16.4 Å². The summed E-state index contributed by atoms with van der Waals surface area (Å²) < 4.78 is 6.86. The van der Waals surface area contributed by atoms with Gasteiger partial charge in [0.05, 0.1) is 18.2 Å². The van der Waals surface area contributed by atoms with Crippen molar-refractivity contribution in [3.63, 3.8) is 0 Å². The van der Waals surface area contributed by atoms with E-state index in [0.717, 1.165) is 7.05 Å². The van der Waals surface area contributed by atoms with Crippen molar-refractivity contribution < 1.29 is 19.7 Å². The third-order valence-corrected chi connectivity index (χ3v) is 3.98. The van der Waals surface area contributed by atoms with E-state index in [4.69, 9.17) is 10.5 Å². The van der Waals surface area contributed by atoms with Crippen LogP contribution in [0.1, 0.15) is 6.23 Å². The van der Waals surface area contributed by atoms with Crippen LogP contribution in [0, 0.1) is 4.91 Å². The summed E-state index contributed by atoms with van der Waals surface area (Å²) in [5.74, 6) is -0.160. The average molecular weight is 368 g/mol. The zero-order valence-corrected chi connectivity index (χ0v) is 13.4. The number of carbonyl (C=O) groups is 1. The van der Waals surface area contributed by atoms with Gasteiger partial charge in [0.25, 0.3) is 5.56 Å². The molecule has 1 aliphatic rings. The second-order valence-corrected chi connectivity index (χ2v) is 5.59. The Kier molecular flexibility index (Phi) is 4.54. The summed E-state index contributed by atoms with van der Waals surface area (Å²) >= 11 is 0. The maximum atomic E-state index is 11.9. The molecule has 3 heterocycles. The van der Waals surface area contributed by atoms with Crippen LogP contribution >= 0.6 is 0 Å². The standard InChI is InChI=1S/C12H16N8O6/c1-19(18-25)12(24)15-5-7(22)4(2-21)26-10(5)20-3-14-6-8(20)16-11(13)17-9(6)23/h3-5,7,10,21-22H,2H2,1H3,(H,15,24)(H3,13,16,17,23)/t4-,5-,7-,10-/m1/s1. The second kappa shape index (κ2) is 6.66. The van der Waals surface area contributed by atoms with Gasteiger partial charge < -0.3 is 26.0 Å². The first-order chi connectivity index (χ1) is 12.4. The molecule has 2 aromatic rings. The Morgan fingerprint density at radius 1 is 1.62 bits per heavy atom. The van der Waals surface area contributed by atoms with Crippen LogP contribution in [0.25, 0.3) is 11.2 Å². The first kappa shape index (κ1) is 17.7. The summed E-state index contributed by atoms with van der Waals surface area (Å²) in [6, 6.07) is -1.99. The number of aliphatic hydroxyl groups is 2. The van der Waals surface area contributed by atoms with Gasteiger partial charge in [0.1, 0.15) is 18.2 Å². The minimum Gasteiger partial charge on any atom is -0.394 e. The summed E-state index contributed by atoms with van der Waals surface area (Å²) in [6.07, 6.45) is -2.20. The number of imidazole rings is 1. The Labute approximate surface area is 144 Å². The summed E-state index contributed by atoms with van der Waals surface area (Å²) in [7, 11) is 1.12. The van der Waals surface area contributed by atoms with Crippen molar-refractivity contribution >= 4 is 23.1 Å². The van der Waals surface area contributed by atoms with E-state index < -0.39 is 42.7 Å². The third-order valence-electron chi connectivity index (χ3n) is 3.98. The topological polar surface area (TPSA) is 201 Å². The van der Waals surface area contributed by atoms with Crippen molar-refractivity contribution in [1.29, 1.82) is 0 Å². The number of aliphatic hydroxyl groups excluding tert-OH is 2. The van der Waals surface area contributed by atoms with E-state index in [1.807, 2.05) is 0 Å². The monoisotopic (exact) mass is 368 g/mol. The van der Waals surface area contributed by atoms with E-state index in [-0.39, 0.29) is 17.1 Å². The normalized spacial score (nSPS) is 25.3. The largest absolute Gasteiger partial charge is 0.394 e. The van der Waals surface area contributed by atoms with Crippen molar-refractivity contribution in [3.8, 4) is 0 Å². The summed E-state index contributed by atoms with van der Waals surface area (Å²) in [5.41, 5.74) is 5.00. The predicted molar refractivity (Wildman–Crippen MR) is 85.4 cm³/mol. The van der Waals surface area contributed by atoms with Gasteiger partial charge in [0, 0.05) is 7.05 Å². The van der Waals surface area contributed by atoms with Gasteiger partial charge in [-0.3, -0.25) is 14.3 Å². The van der Waals surface area contributed by atoms with Crippen LogP contribution in [0.2, 0.25) is 0 Å². The second-order valence-electron chi connectivity index (χ2n) is 5.59. The quantitative estimate of drug-likeness (QED) is 0.289. The van der Waals surface area contributed by atoms with Crippen LogP contribution in [0.5, 0.6) is 0 Å². The van der Waals surface area contributed by atoms with Crippen LogP contribution in [-0.4, -0.2) is 72.7 Å². The smallest absolute Gasteiger partial charge is 0.340 e. The van der Waals surface area contributed by atoms with E-state index in [0.29, 0.717) is 5.01 Å². The van der Waals surface area contributed by atoms with Gasteiger partial charge in [-0.1, -0.05) is 0 Å². The zero-order chi connectivity index (χ0) is 19.0. The number of amides is 2. The number of fused-ring (bicyclic) bond motifs is 1. The van der Waals surface area contributed by atoms with Crippen LogP contribution in [0.4, 0.5) is 10.7 Å². The zero-order valence-electron chi connectivity index (χ0n) is 13.4. The van der Waals surface area contributed by atoms with E-state index >= 15 is 0 Å². The maximum absolute atomic E-state index is 11.9. The molecule has 1 saturated heterocycles. The molecule has 1 aliphatic heterocycles. The SMILES string of the molecule is CN(N=O)C(=O)N[C@@H]1[C@H](O)[C@@H](CO)O[C@H]1n1cnc2c(=O)[nH]c(N)nc21. The first-order valence-corrected chi connectivity index (χ1v) is 7.41. The lowest BCUT2D eigenvalue weighted by Gasteiger charge is -2.23. The lowest BCUT2D eigenvalue weighted by atomic mass is 10.1. The van der Waals surface area contributed by atoms with Gasteiger partial charge in [-0.15, -0.1) is 4.91 Å². The molecular weight excluding hydrogens is 352 g/mol. The molecule has 14 heteroatoms. The highest BCUT2D eigenvalue weighted by atomic mass is 16.5. The van der Waals surface area contributed by atoms with Gasteiger partial charge in [-0.2, -0.15) is 9.99 Å². The molecule has 3 rings (SSSR count). The number of nitrogens with two attached hydrogens (primary N) is 1. The maximum Gasteiger partial charge on any atom is 0.340 e. The van der Waals surface area contributed by atoms with Crippen LogP contribution < -0.4 is 16.6 Å². The molecule has 4 atom stereocenters. The molecule has 14 nitrogen and oxygen atoms in total. The van der Waals surface area contributed by atoms with Crippen molar-refractivity contribution in [2.24, 2.45) is 5.29 Å². The molecule has 26 heavy (non-hydrogen) atoms. The molecule has 2 amide bonds. The molecule has 2 aromatic heterocycles. The van der Waals surface area contributed by atoms with Crippen molar-refractivity contribution in [1.82, 2.24) is 29.8 Å². The molecule has 6 N–H and O–H groups in total. The lowest BCUT2D eigenvalue weighted by molar-refractivity contribution is -0.0440. The van der Waals surface area contributed by atoms with Gasteiger partial charge in [-0.25, -0.2) is 9.78 Å². The van der Waals surface area contributed by atoms with Crippen molar-refractivity contribution in [2.75, 3.05) is 19.4 Å². The molecule has 0 saturated carbocycles. The van der Waals surface area contributed by atoms with Crippen molar-refractivity contribution in [2.45, 2.75) is 24.5 Å². The van der Waals surface area contributed by atoms with E-state index in [1.165, 1.54) is 10.9 Å². The van der Waals surface area contributed by atoms with E-state index in [9.17, 15) is 24.7 Å². The molecule has 0 aliphatic carbocycles. The van der Waals surface area contributed by atoms with Gasteiger partial charge in [0.2, 0.25) is 5.95 Å². The summed E-state index contributed by atoms with van der Waals surface area (Å²) in [5, 5.41) is 25.0. The molecule has 0 bridgehead atoms. The number of nitrogen functional groups attached to an aromatic ring is 1. The van der Waals surface area contributed by atoms with Gasteiger partial charge >= 0.3 is 6.03 Å². The van der Waals surface area contributed by atoms with Crippen LogP contribution in [-0.2, 0) is 4.74 Å². The number of urea groups is 1. The van der Waals surface area contributed by atoms with Gasteiger partial charge in [0.15, 0.2) is 17.4 Å². The minimum atomic E-state index is -1.31. The van der Waals surface area contributed by atoms with Gasteiger partial charge in [-0.05, 0) is 0 Å². The van der Waals surface area contributed by atoms with Crippen LogP contribution in [0.3, 0.4) is 0 Å². The summed E-state index contributed by atoms with van der Waals surface area (Å²) in [4.78, 5) is 44.5. The number of anilines is 1. The molecule has 0 unspecified atom stereocenters. The number of hydrogen-bond donors (Lipinski definition) is 5. The lowest BCUT2D eigenvalue weighted by Crippen LogP contribution is -2.49. The molecule has 0 spiro atoms. The number of rotatable bonds is 4. The molecule has 140 valence electrons. The first-order valence-electron chi connectivity index (χ1n) is 7.41. The number of H-pyrrole nitrogens is 1. The molecular formula is C12H16N8O6. The van der Waals surface area contributed by atoms with Crippen molar-refractivity contribution in [3.05, 3.63) is 21.6 Å². The Bertz CT molecular complexity index is 895. The number of ether oxygens (including phenoxy) is 1. The fraction of sp³-hybridized carbons (Fsp3) is 0.500. The highest BCUT2D eigenvalue weighted by Crippen LogP contribution is 2.31. The summed E-state index contributed by atoms with van der Waals surface area (Å²) in [6.45, 7) is -0.533. The Morgan fingerprint density at radius 3 is 3.00 bits per heavy atom. The number of aromatic nitrogens is 4. The average Bonchev–Trinajstić information content (AvgIpc) is 3.16. The highest BCUT2D eigenvalue weighted by molar-refractivity contribution is 5.74. The number of carbonyl (C=O) groups excluding carboxylic acids is 1. The fourth-order valence-electron chi connectivity index (χ4n) is 2.69. The van der Waals surface area contributed by atoms with E-state index in [1.54, 1.807) is 0 Å². The minimum absolute atomic E-state index is 0.0264. The molecule has 0 aromatic carbocycles. The number of nitrogens with one attached hydrogen (secondary N) is 2. The third kappa shape index (κ3) is 2.85. The number of nitrogens with zero attached hydrogens (tertiary/aromatic N) is 5. The molecule has 0 radical (unpaired) electrons. The number of hydrogen-bond acceptors (Lipinski definition) is 10. The fourth-order valence-corrected chi connectivity index (χ4v) is 2.69. The predicted octanol–water partition coefficient (Wildman–Crippen LogP) is -2.36. The number of aromatic amines is 1. The Hall–Kier alpha value is -3.10. The Balaban J connectivity index is 2.02. The molecule has 1 fully saturated rings. The highest BCUT2D eigenvalue weighted by Gasteiger charge is 2.46. The van der Waals surface area contributed by atoms with E-state index in [2.05, 4.69) is 25.6 Å².